The van der Waals surface area contributed by atoms with E-state index in [0.717, 1.165) is 57.6 Å². The summed E-state index contributed by atoms with van der Waals surface area (Å²) in [6.07, 6.45) is 0.461. The van der Waals surface area contributed by atoms with Crippen molar-refractivity contribution in [2.75, 3.05) is 39.5 Å². The number of rotatable bonds is 13. The summed E-state index contributed by atoms with van der Waals surface area (Å²) in [5.74, 6) is -0.199. The number of halogens is 3. The third kappa shape index (κ3) is 10.2. The summed E-state index contributed by atoms with van der Waals surface area (Å²) in [5.41, 5.74) is 5.33. The van der Waals surface area contributed by atoms with E-state index in [1.165, 1.54) is 0 Å². The molecular weight excluding hydrogens is 836 g/mol. The number of thiazole rings is 1. The number of piperidine rings is 1. The normalized spacial score (nSPS) is 19.1. The molecule has 2 N–H and O–H groups in total. The quantitative estimate of drug-likeness (QED) is 0.146. The van der Waals surface area contributed by atoms with Crippen LogP contribution in [0, 0.1) is 17.8 Å². The van der Waals surface area contributed by atoms with Gasteiger partial charge in [0.1, 0.15) is 36.9 Å². The lowest BCUT2D eigenvalue weighted by Gasteiger charge is -2.35. The molecule has 1 saturated carbocycles. The van der Waals surface area contributed by atoms with Crippen LogP contribution in [0.3, 0.4) is 0 Å². The van der Waals surface area contributed by atoms with Gasteiger partial charge in [-0.2, -0.15) is 22.9 Å². The molecule has 2 aromatic heterocycles. The number of ether oxygens (including phenoxy) is 2. The van der Waals surface area contributed by atoms with Crippen LogP contribution in [0.15, 0.2) is 59.1 Å². The topological polar surface area (TPSA) is 156 Å². The van der Waals surface area contributed by atoms with Gasteiger partial charge in [-0.15, -0.1) is 21.5 Å². The maximum atomic E-state index is 14.2. The molecule has 3 fully saturated rings. The van der Waals surface area contributed by atoms with Crippen molar-refractivity contribution in [3.8, 4) is 16.2 Å². The van der Waals surface area contributed by atoms with Crippen LogP contribution in [0.25, 0.3) is 10.4 Å². The van der Waals surface area contributed by atoms with E-state index in [-0.39, 0.29) is 48.8 Å². The van der Waals surface area contributed by atoms with Gasteiger partial charge in [0.2, 0.25) is 17.7 Å². The zero-order valence-corrected chi connectivity index (χ0v) is 36.9. The van der Waals surface area contributed by atoms with Crippen LogP contribution >= 0.6 is 11.3 Å². The second kappa shape index (κ2) is 18.0. The number of likely N-dealkylation sites (tertiary alicyclic amines) is 2. The lowest BCUT2D eigenvalue weighted by atomic mass is 9.85. The van der Waals surface area contributed by atoms with E-state index in [1.54, 1.807) is 16.2 Å². The minimum Gasteiger partial charge on any atom is -0.491 e. The van der Waals surface area contributed by atoms with Gasteiger partial charge in [0.15, 0.2) is 5.82 Å². The average molecular weight is 890 g/mol. The van der Waals surface area contributed by atoms with Crippen LogP contribution < -0.4 is 15.4 Å². The van der Waals surface area contributed by atoms with E-state index < -0.39 is 35.4 Å². The van der Waals surface area contributed by atoms with Crippen LogP contribution in [0.5, 0.6) is 5.75 Å². The number of hydrogen-bond donors (Lipinski definition) is 2. The summed E-state index contributed by atoms with van der Waals surface area (Å²) in [6, 6.07) is 14.4. The molecule has 1 aliphatic carbocycles. The molecule has 336 valence electrons. The lowest BCUT2D eigenvalue weighted by molar-refractivity contribution is -0.147. The van der Waals surface area contributed by atoms with Gasteiger partial charge in [-0.3, -0.25) is 14.4 Å². The summed E-state index contributed by atoms with van der Waals surface area (Å²) < 4.78 is 52.5. The molecule has 1 spiro atoms. The van der Waals surface area contributed by atoms with Gasteiger partial charge >= 0.3 is 6.18 Å². The Morgan fingerprint density at radius 3 is 2.35 bits per heavy atom. The van der Waals surface area contributed by atoms with Crippen molar-refractivity contribution in [2.24, 2.45) is 15.9 Å². The number of alkyl halides is 3. The van der Waals surface area contributed by atoms with E-state index >= 15 is 0 Å². The molecule has 0 unspecified atom stereocenters. The highest BCUT2D eigenvalue weighted by Gasteiger charge is 2.56. The molecule has 2 atom stereocenters. The number of hydrogen-bond acceptors (Lipinski definition) is 11. The number of amidine groups is 1. The second-order valence-electron chi connectivity index (χ2n) is 18.2. The molecule has 8 rings (SSSR count). The molecule has 5 heterocycles. The van der Waals surface area contributed by atoms with Crippen molar-refractivity contribution in [2.45, 2.75) is 103 Å². The van der Waals surface area contributed by atoms with Crippen molar-refractivity contribution in [1.82, 2.24) is 40.3 Å². The molecule has 0 bridgehead atoms. The minimum absolute atomic E-state index is 0.0475. The fraction of sp³-hybridized carbons (Fsp3) is 0.533. The number of fused-ring (bicyclic) bond motifs is 1. The van der Waals surface area contributed by atoms with Gasteiger partial charge in [0, 0.05) is 39.0 Å². The zero-order chi connectivity index (χ0) is 44.5. The van der Waals surface area contributed by atoms with Crippen molar-refractivity contribution < 1.29 is 37.0 Å². The first-order valence-electron chi connectivity index (χ1n) is 21.6. The van der Waals surface area contributed by atoms with E-state index in [9.17, 15) is 27.6 Å². The number of amides is 3. The predicted molar refractivity (Wildman–Crippen MR) is 230 cm³/mol. The Kier molecular flexibility index (Phi) is 12.7. The average Bonchev–Trinajstić information content (AvgIpc) is 3.52. The Morgan fingerprint density at radius 1 is 0.968 bits per heavy atom. The summed E-state index contributed by atoms with van der Waals surface area (Å²) in [5, 5.41) is 17.2. The number of carbonyl (C=O) groups excluding carboxylic acids is 3. The largest absolute Gasteiger partial charge is 0.491 e. The fourth-order valence-electron chi connectivity index (χ4n) is 8.79. The van der Waals surface area contributed by atoms with Gasteiger partial charge in [-0.05, 0) is 84.6 Å². The highest BCUT2D eigenvalue weighted by Crippen LogP contribution is 2.55. The second-order valence-corrected chi connectivity index (χ2v) is 19.1. The summed E-state index contributed by atoms with van der Waals surface area (Å²) in [7, 11) is 0. The molecule has 2 aromatic carbocycles. The van der Waals surface area contributed by atoms with Gasteiger partial charge < -0.3 is 29.9 Å². The molecule has 63 heavy (non-hydrogen) atoms. The van der Waals surface area contributed by atoms with E-state index in [2.05, 4.69) is 35.8 Å². The van der Waals surface area contributed by atoms with Crippen molar-refractivity contribution >= 4 is 34.9 Å². The highest BCUT2D eigenvalue weighted by molar-refractivity contribution is 7.13. The van der Waals surface area contributed by atoms with Gasteiger partial charge in [-0.25, -0.2) is 4.98 Å². The van der Waals surface area contributed by atoms with E-state index in [4.69, 9.17) is 9.47 Å². The number of aromatic nitrogens is 4. The first-order valence-corrected chi connectivity index (χ1v) is 22.5. The van der Waals surface area contributed by atoms with Crippen LogP contribution in [-0.2, 0) is 38.3 Å². The summed E-state index contributed by atoms with van der Waals surface area (Å²) >= 11 is 1.59. The molecule has 14 nitrogen and oxygen atoms in total. The van der Waals surface area contributed by atoms with Crippen LogP contribution in [0.2, 0.25) is 0 Å². The molecular formula is C45H54F3N9O5S. The zero-order valence-electron chi connectivity index (χ0n) is 36.0. The van der Waals surface area contributed by atoms with Gasteiger partial charge in [-0.1, -0.05) is 57.2 Å². The Bertz CT molecular complexity index is 2310. The maximum Gasteiger partial charge on any atom is 0.453 e. The van der Waals surface area contributed by atoms with Crippen molar-refractivity contribution in [1.29, 1.82) is 0 Å². The van der Waals surface area contributed by atoms with Gasteiger partial charge in [0.25, 0.3) is 5.82 Å². The van der Waals surface area contributed by atoms with Crippen LogP contribution in [-0.4, -0.2) is 105 Å². The first-order chi connectivity index (χ1) is 30.1. The van der Waals surface area contributed by atoms with Crippen molar-refractivity contribution in [3.63, 3.8) is 0 Å². The Balaban J connectivity index is 0.770. The van der Waals surface area contributed by atoms with E-state index in [1.807, 2.05) is 81.7 Å². The third-order valence-electron chi connectivity index (χ3n) is 12.6. The number of nitrogens with zero attached hydrogens (tertiary/aromatic N) is 7. The fourth-order valence-corrected chi connectivity index (χ4v) is 9.60. The Labute approximate surface area is 368 Å². The molecule has 0 radical (unpaired) electrons. The monoisotopic (exact) mass is 889 g/mol. The molecule has 4 aromatic rings. The van der Waals surface area contributed by atoms with Gasteiger partial charge in [0.05, 0.1) is 22.7 Å². The number of nitrogens with one attached hydrogen (secondary N) is 2. The number of aryl methyl sites for hydroxylation is 2. The predicted octanol–water partition coefficient (Wildman–Crippen LogP) is 6.34. The summed E-state index contributed by atoms with van der Waals surface area (Å²) in [6.45, 7) is 9.96. The maximum absolute atomic E-state index is 14.2. The first kappa shape index (κ1) is 44.3. The number of benzene rings is 2. The Morgan fingerprint density at radius 2 is 1.70 bits per heavy atom. The number of carbonyl (C=O) groups is 3. The molecule has 3 aliphatic heterocycles. The SMILES string of the molecule is Cc1ncsc1-c1ccc(CNC(=O)[C@@H]2CC3(CC3)CN2C(=O)[C@@H](NC(=O)COCCOc2ccc(C3CCN(C4=Nn5c(nnc5C(F)(F)F)CC4)CC3)cc2)C(C)(C)C)cc1. The van der Waals surface area contributed by atoms with Crippen LogP contribution in [0.4, 0.5) is 13.2 Å². The standard InChI is InChI=1S/C45H54F3N9O5S/c1-28-38(63-27-50-28)32-7-5-29(6-8-32)24-49-40(59)34-23-44(17-18-44)26-56(34)41(60)39(43(2,3)4)51-37(58)25-61-21-22-62-33-11-9-30(10-12-33)31-15-19-55(20-16-31)36-14-13-35-52-53-42(45(46,47)48)57(35)54-36/h5-12,27,31,34,39H,13-26H2,1-4H3,(H,49,59)(H,51,58)/t34-,39+/m0/s1. The third-order valence-corrected chi connectivity index (χ3v) is 13.6. The molecule has 3 amide bonds. The van der Waals surface area contributed by atoms with E-state index in [0.29, 0.717) is 57.0 Å². The lowest BCUT2D eigenvalue weighted by Crippen LogP contribution is -2.58. The molecule has 18 heteroatoms. The minimum atomic E-state index is -4.62. The van der Waals surface area contributed by atoms with Crippen LogP contribution in [0.1, 0.15) is 93.7 Å². The molecule has 4 aliphatic rings. The summed E-state index contributed by atoms with van der Waals surface area (Å²) in [4.78, 5) is 50.3. The Hall–Kier alpha value is -5.36. The molecule has 2 saturated heterocycles. The smallest absolute Gasteiger partial charge is 0.453 e. The van der Waals surface area contributed by atoms with Crippen molar-refractivity contribution in [3.05, 3.63) is 82.5 Å². The highest BCUT2D eigenvalue weighted by atomic mass is 32.1.